The van der Waals surface area contributed by atoms with Gasteiger partial charge in [-0.05, 0) is 48.7 Å². The van der Waals surface area contributed by atoms with Gasteiger partial charge >= 0.3 is 0 Å². The summed E-state index contributed by atoms with van der Waals surface area (Å²) in [4.78, 5) is 28.4. The number of amides is 2. The summed E-state index contributed by atoms with van der Waals surface area (Å²) in [5.74, 6) is -0.816. The molecule has 1 N–H and O–H groups in total. The van der Waals surface area contributed by atoms with Crippen molar-refractivity contribution in [2.45, 2.75) is 44.2 Å². The van der Waals surface area contributed by atoms with Gasteiger partial charge in [-0.2, -0.15) is 0 Å². The molecule has 7 nitrogen and oxygen atoms in total. The number of benzene rings is 3. The number of sulfonamides is 1. The highest BCUT2D eigenvalue weighted by Gasteiger charge is 2.33. The number of halogens is 2. The van der Waals surface area contributed by atoms with Crippen LogP contribution in [0.15, 0.2) is 83.8 Å². The van der Waals surface area contributed by atoms with Gasteiger partial charge in [-0.3, -0.25) is 13.9 Å². The fourth-order valence-electron chi connectivity index (χ4n) is 3.95. The van der Waals surface area contributed by atoms with Crippen molar-refractivity contribution in [1.82, 2.24) is 10.2 Å². The minimum absolute atomic E-state index is 0.0150. The number of carbonyl (C=O) groups excluding carboxylic acids is 2. The average Bonchev–Trinajstić information content (AvgIpc) is 2.92. The molecule has 0 bridgehead atoms. The number of anilines is 1. The zero-order chi connectivity index (χ0) is 27.7. The fourth-order valence-corrected chi connectivity index (χ4v) is 5.67. The summed E-state index contributed by atoms with van der Waals surface area (Å²) >= 11 is 12.3. The Morgan fingerprint density at radius 3 is 2.11 bits per heavy atom. The Kier molecular flexibility index (Phi) is 10.6. The third-order valence-electron chi connectivity index (χ3n) is 5.93. The van der Waals surface area contributed by atoms with Crippen molar-refractivity contribution in [3.05, 3.63) is 94.5 Å². The van der Waals surface area contributed by atoms with Gasteiger partial charge < -0.3 is 10.2 Å². The number of hydrogen-bond acceptors (Lipinski definition) is 4. The van der Waals surface area contributed by atoms with E-state index in [1.165, 1.54) is 35.2 Å². The van der Waals surface area contributed by atoms with Gasteiger partial charge in [0.2, 0.25) is 11.8 Å². The lowest BCUT2D eigenvalue weighted by atomic mass is 10.1. The summed E-state index contributed by atoms with van der Waals surface area (Å²) in [6.45, 7) is 3.83. The minimum Gasteiger partial charge on any atom is -0.354 e. The number of nitrogens with zero attached hydrogens (tertiary/aromatic N) is 2. The summed E-state index contributed by atoms with van der Waals surface area (Å²) < 4.78 is 28.5. The molecule has 2 amide bonds. The van der Waals surface area contributed by atoms with Crippen LogP contribution in [0.5, 0.6) is 0 Å². The lowest BCUT2D eigenvalue weighted by molar-refractivity contribution is -0.140. The van der Waals surface area contributed by atoms with Crippen LogP contribution in [0.25, 0.3) is 0 Å². The quantitative estimate of drug-likeness (QED) is 0.308. The molecule has 0 heterocycles. The largest absolute Gasteiger partial charge is 0.354 e. The second-order valence-electron chi connectivity index (χ2n) is 8.65. The van der Waals surface area contributed by atoms with E-state index < -0.39 is 28.5 Å². The molecule has 0 saturated carbocycles. The third-order valence-corrected chi connectivity index (χ3v) is 8.46. The van der Waals surface area contributed by atoms with Crippen LogP contribution in [0, 0.1) is 0 Å². The van der Waals surface area contributed by atoms with E-state index >= 15 is 0 Å². The highest BCUT2D eigenvalue weighted by atomic mass is 35.5. The summed E-state index contributed by atoms with van der Waals surface area (Å²) in [5.41, 5.74) is 0.995. The van der Waals surface area contributed by atoms with E-state index in [9.17, 15) is 18.0 Å². The zero-order valence-corrected chi connectivity index (χ0v) is 23.6. The Morgan fingerprint density at radius 1 is 0.895 bits per heavy atom. The van der Waals surface area contributed by atoms with E-state index in [1.54, 1.807) is 18.2 Å². The van der Waals surface area contributed by atoms with Crippen LogP contribution in [0.3, 0.4) is 0 Å². The lowest BCUT2D eigenvalue weighted by Crippen LogP contribution is -2.52. The van der Waals surface area contributed by atoms with E-state index in [0.717, 1.165) is 16.3 Å². The molecule has 0 radical (unpaired) electrons. The first-order valence-corrected chi connectivity index (χ1v) is 14.5. The molecule has 3 rings (SSSR count). The predicted octanol–water partition coefficient (Wildman–Crippen LogP) is 5.52. The van der Waals surface area contributed by atoms with Crippen molar-refractivity contribution >= 4 is 50.7 Å². The molecular formula is C28H31Cl2N3O4S. The van der Waals surface area contributed by atoms with Crippen LogP contribution in [-0.2, 0) is 26.2 Å². The highest BCUT2D eigenvalue weighted by Crippen LogP contribution is 2.31. The zero-order valence-electron chi connectivity index (χ0n) is 21.3. The lowest BCUT2D eigenvalue weighted by Gasteiger charge is -2.33. The highest BCUT2D eigenvalue weighted by molar-refractivity contribution is 7.92. The second-order valence-corrected chi connectivity index (χ2v) is 11.3. The fraction of sp³-hybridized carbons (Fsp3) is 0.286. The van der Waals surface area contributed by atoms with Gasteiger partial charge in [0.05, 0.1) is 20.6 Å². The van der Waals surface area contributed by atoms with Gasteiger partial charge in [-0.1, -0.05) is 85.6 Å². The van der Waals surface area contributed by atoms with Crippen molar-refractivity contribution < 1.29 is 18.0 Å². The van der Waals surface area contributed by atoms with E-state index in [-0.39, 0.29) is 33.1 Å². The first kappa shape index (κ1) is 29.5. The van der Waals surface area contributed by atoms with E-state index in [4.69, 9.17) is 23.2 Å². The predicted molar refractivity (Wildman–Crippen MR) is 152 cm³/mol. The molecule has 1 atom stereocenters. The second kappa shape index (κ2) is 13.6. The van der Waals surface area contributed by atoms with Crippen LogP contribution in [0.4, 0.5) is 5.69 Å². The number of nitrogens with one attached hydrogen (secondary N) is 1. The monoisotopic (exact) mass is 575 g/mol. The molecule has 0 unspecified atom stereocenters. The van der Waals surface area contributed by atoms with Gasteiger partial charge in [0.15, 0.2) is 0 Å². The molecular weight excluding hydrogens is 545 g/mol. The van der Waals surface area contributed by atoms with Gasteiger partial charge in [-0.25, -0.2) is 8.42 Å². The summed E-state index contributed by atoms with van der Waals surface area (Å²) in [6, 6.07) is 20.7. The summed E-state index contributed by atoms with van der Waals surface area (Å²) in [7, 11) is -4.17. The van der Waals surface area contributed by atoms with E-state index in [0.29, 0.717) is 13.0 Å². The third kappa shape index (κ3) is 7.28. The van der Waals surface area contributed by atoms with E-state index in [1.807, 2.05) is 44.2 Å². The molecule has 0 aromatic heterocycles. The molecule has 0 fully saturated rings. The Hall–Kier alpha value is -3.07. The van der Waals surface area contributed by atoms with Crippen molar-refractivity contribution in [2.75, 3.05) is 17.4 Å². The minimum atomic E-state index is -4.17. The van der Waals surface area contributed by atoms with Crippen molar-refractivity contribution in [1.29, 1.82) is 0 Å². The molecule has 10 heteroatoms. The van der Waals surface area contributed by atoms with Gasteiger partial charge in [0, 0.05) is 13.1 Å². The van der Waals surface area contributed by atoms with Crippen LogP contribution < -0.4 is 9.62 Å². The van der Waals surface area contributed by atoms with Crippen molar-refractivity contribution in [2.24, 2.45) is 0 Å². The maximum Gasteiger partial charge on any atom is 0.264 e. The van der Waals surface area contributed by atoms with Crippen molar-refractivity contribution in [3.8, 4) is 0 Å². The number of hydrogen-bond donors (Lipinski definition) is 1. The molecule has 38 heavy (non-hydrogen) atoms. The van der Waals surface area contributed by atoms with Crippen LogP contribution in [-0.4, -0.2) is 44.3 Å². The number of carbonyl (C=O) groups is 2. The average molecular weight is 577 g/mol. The Balaban J connectivity index is 2.05. The first-order valence-electron chi connectivity index (χ1n) is 12.3. The molecule has 0 aliphatic heterocycles. The molecule has 0 saturated heterocycles. The van der Waals surface area contributed by atoms with Crippen LogP contribution in [0.1, 0.15) is 32.3 Å². The topological polar surface area (TPSA) is 86.8 Å². The van der Waals surface area contributed by atoms with Crippen molar-refractivity contribution in [3.63, 3.8) is 0 Å². The number of rotatable bonds is 12. The normalized spacial score (nSPS) is 12.0. The molecule has 202 valence electrons. The maximum absolute atomic E-state index is 13.9. The Bertz CT molecular complexity index is 1340. The Morgan fingerprint density at radius 2 is 1.53 bits per heavy atom. The smallest absolute Gasteiger partial charge is 0.264 e. The van der Waals surface area contributed by atoms with Crippen LogP contribution >= 0.6 is 23.2 Å². The van der Waals surface area contributed by atoms with Gasteiger partial charge in [0.1, 0.15) is 12.6 Å². The molecule has 0 aliphatic carbocycles. The Labute approximate surface area is 234 Å². The first-order chi connectivity index (χ1) is 18.2. The maximum atomic E-state index is 13.9. The molecule has 0 spiro atoms. The molecule has 3 aromatic rings. The summed E-state index contributed by atoms with van der Waals surface area (Å²) in [5, 5.41) is 3.26. The van der Waals surface area contributed by atoms with Crippen LogP contribution in [0.2, 0.25) is 10.0 Å². The molecule has 0 aliphatic rings. The summed E-state index contributed by atoms with van der Waals surface area (Å²) in [6.07, 6.45) is 1.10. The SMILES string of the molecule is CCCNC(=O)[C@H](CC)N(Cc1ccccc1)C(=O)CN(c1ccc(Cl)c(Cl)c1)S(=O)(=O)c1ccccc1. The van der Waals surface area contributed by atoms with E-state index in [2.05, 4.69) is 5.32 Å². The standard InChI is InChI=1S/C28H31Cl2N3O4S/c1-3-17-31-28(35)26(4-2)32(19-21-11-7-5-8-12-21)27(34)20-33(22-15-16-24(29)25(30)18-22)38(36,37)23-13-9-6-10-14-23/h5-16,18,26H,3-4,17,19-20H2,1-2H3,(H,31,35)/t26-/m0/s1. The molecule has 3 aromatic carbocycles. The van der Waals surface area contributed by atoms with Gasteiger partial charge in [-0.15, -0.1) is 0 Å². The van der Waals surface area contributed by atoms with Gasteiger partial charge in [0.25, 0.3) is 10.0 Å².